The minimum atomic E-state index is -4.57. The van der Waals surface area contributed by atoms with Crippen molar-refractivity contribution in [3.05, 3.63) is 52.3 Å². The molecule has 0 heterocycles. The third kappa shape index (κ3) is 3.22. The normalized spacial score (nSPS) is 11.4. The Kier molecular flexibility index (Phi) is 3.89. The highest BCUT2D eigenvalue weighted by Gasteiger charge is 2.33. The zero-order valence-corrected chi connectivity index (χ0v) is 11.4. The molecule has 0 fully saturated rings. The van der Waals surface area contributed by atoms with E-state index in [-0.39, 0.29) is 17.2 Å². The van der Waals surface area contributed by atoms with Gasteiger partial charge >= 0.3 is 6.18 Å². The van der Waals surface area contributed by atoms with Gasteiger partial charge in [-0.25, -0.2) is 4.39 Å². The minimum Gasteiger partial charge on any atom is -0.456 e. The van der Waals surface area contributed by atoms with E-state index in [0.717, 1.165) is 24.3 Å². The summed E-state index contributed by atoms with van der Waals surface area (Å²) >= 11 is 3.07. The molecule has 0 aromatic heterocycles. The molecule has 2 rings (SSSR count). The Morgan fingerprint density at radius 3 is 2.35 bits per heavy atom. The molecule has 0 atom stereocenters. The standard InChI is InChI=1S/C13H8BrF4NO/c14-10-5-7(15)1-4-12(10)20-8-2-3-11(19)9(6-8)13(16,17)18/h1-6H,19H2. The predicted molar refractivity (Wildman–Crippen MR) is 70.0 cm³/mol. The van der Waals surface area contributed by atoms with Gasteiger partial charge in [-0.1, -0.05) is 0 Å². The van der Waals surface area contributed by atoms with Crippen molar-refractivity contribution in [1.82, 2.24) is 0 Å². The van der Waals surface area contributed by atoms with Crippen molar-refractivity contribution in [3.8, 4) is 11.5 Å². The molecule has 0 aliphatic rings. The van der Waals surface area contributed by atoms with Crippen molar-refractivity contribution in [2.24, 2.45) is 0 Å². The van der Waals surface area contributed by atoms with Crippen LogP contribution in [0.1, 0.15) is 5.56 Å². The zero-order valence-electron chi connectivity index (χ0n) is 9.84. The third-order valence-electron chi connectivity index (χ3n) is 2.45. The van der Waals surface area contributed by atoms with Crippen molar-refractivity contribution < 1.29 is 22.3 Å². The van der Waals surface area contributed by atoms with Crippen molar-refractivity contribution >= 4 is 21.6 Å². The lowest BCUT2D eigenvalue weighted by molar-refractivity contribution is -0.137. The van der Waals surface area contributed by atoms with Crippen molar-refractivity contribution in [2.45, 2.75) is 6.18 Å². The predicted octanol–water partition coefficient (Wildman–Crippen LogP) is 4.98. The number of benzene rings is 2. The van der Waals surface area contributed by atoms with Crippen molar-refractivity contribution in [1.29, 1.82) is 0 Å². The molecule has 106 valence electrons. The summed E-state index contributed by atoms with van der Waals surface area (Å²) < 4.78 is 56.6. The molecular weight excluding hydrogens is 342 g/mol. The third-order valence-corrected chi connectivity index (χ3v) is 3.07. The van der Waals surface area contributed by atoms with Crippen LogP contribution in [0.4, 0.5) is 23.2 Å². The highest BCUT2D eigenvalue weighted by Crippen LogP contribution is 2.37. The summed E-state index contributed by atoms with van der Waals surface area (Å²) in [5, 5.41) is 0. The van der Waals surface area contributed by atoms with Crippen LogP contribution in [0.25, 0.3) is 0 Å². The maximum absolute atomic E-state index is 12.9. The molecule has 20 heavy (non-hydrogen) atoms. The van der Waals surface area contributed by atoms with Gasteiger partial charge in [0.25, 0.3) is 0 Å². The summed E-state index contributed by atoms with van der Waals surface area (Å²) in [6.45, 7) is 0. The van der Waals surface area contributed by atoms with Gasteiger partial charge < -0.3 is 10.5 Å². The number of hydrogen-bond acceptors (Lipinski definition) is 2. The average molecular weight is 350 g/mol. The van der Waals surface area contributed by atoms with E-state index in [2.05, 4.69) is 15.9 Å². The smallest absolute Gasteiger partial charge is 0.418 e. The number of halogens is 5. The highest BCUT2D eigenvalue weighted by atomic mass is 79.9. The molecule has 0 aliphatic heterocycles. The summed E-state index contributed by atoms with van der Waals surface area (Å²) in [7, 11) is 0. The molecule has 0 aliphatic carbocycles. The quantitative estimate of drug-likeness (QED) is 0.612. The molecule has 2 aromatic carbocycles. The Morgan fingerprint density at radius 1 is 1.05 bits per heavy atom. The van der Waals surface area contributed by atoms with Crippen LogP contribution in [-0.4, -0.2) is 0 Å². The van der Waals surface area contributed by atoms with Crippen LogP contribution in [0.3, 0.4) is 0 Å². The fourth-order valence-electron chi connectivity index (χ4n) is 1.53. The number of hydrogen-bond donors (Lipinski definition) is 1. The van der Waals surface area contributed by atoms with Crippen LogP contribution in [0.15, 0.2) is 40.9 Å². The Labute approximate surface area is 120 Å². The molecule has 2 nitrogen and oxygen atoms in total. The van der Waals surface area contributed by atoms with Crippen LogP contribution in [-0.2, 0) is 6.18 Å². The first-order valence-corrected chi connectivity index (χ1v) is 6.16. The van der Waals surface area contributed by atoms with E-state index >= 15 is 0 Å². The Hall–Kier alpha value is -1.76. The molecule has 0 spiro atoms. The van der Waals surface area contributed by atoms with Crippen LogP contribution in [0, 0.1) is 5.82 Å². The first kappa shape index (κ1) is 14.6. The number of nitrogens with two attached hydrogens (primary N) is 1. The van der Waals surface area contributed by atoms with Gasteiger partial charge in [0.2, 0.25) is 0 Å². The molecule has 0 amide bonds. The number of ether oxygens (including phenoxy) is 1. The first-order chi connectivity index (χ1) is 9.27. The zero-order chi connectivity index (χ0) is 14.9. The fourth-order valence-corrected chi connectivity index (χ4v) is 1.96. The Morgan fingerprint density at radius 2 is 1.75 bits per heavy atom. The van der Waals surface area contributed by atoms with Crippen LogP contribution in [0.5, 0.6) is 11.5 Å². The lowest BCUT2D eigenvalue weighted by atomic mass is 10.1. The lowest BCUT2D eigenvalue weighted by Gasteiger charge is -2.13. The SMILES string of the molecule is Nc1ccc(Oc2ccc(F)cc2Br)cc1C(F)(F)F. The molecule has 2 aromatic rings. The summed E-state index contributed by atoms with van der Waals surface area (Å²) in [5.74, 6) is -0.333. The van der Waals surface area contributed by atoms with Gasteiger partial charge in [0.1, 0.15) is 17.3 Å². The Balaban J connectivity index is 2.35. The van der Waals surface area contributed by atoms with E-state index in [0.29, 0.717) is 4.47 Å². The first-order valence-electron chi connectivity index (χ1n) is 5.37. The van der Waals surface area contributed by atoms with E-state index in [9.17, 15) is 17.6 Å². The minimum absolute atomic E-state index is 0.0427. The lowest BCUT2D eigenvalue weighted by Crippen LogP contribution is -2.08. The molecule has 0 unspecified atom stereocenters. The summed E-state index contributed by atoms with van der Waals surface area (Å²) in [5.41, 5.74) is 3.92. The topological polar surface area (TPSA) is 35.2 Å². The second kappa shape index (κ2) is 5.32. The van der Waals surface area contributed by atoms with Gasteiger partial charge in [-0.2, -0.15) is 13.2 Å². The second-order valence-corrected chi connectivity index (χ2v) is 4.78. The van der Waals surface area contributed by atoms with Crippen molar-refractivity contribution in [3.63, 3.8) is 0 Å². The van der Waals surface area contributed by atoms with E-state index in [4.69, 9.17) is 10.5 Å². The molecular formula is C13H8BrF4NO. The molecule has 7 heteroatoms. The monoisotopic (exact) mass is 349 g/mol. The number of alkyl halides is 3. The molecule has 0 radical (unpaired) electrons. The maximum Gasteiger partial charge on any atom is 0.418 e. The fraction of sp³-hybridized carbons (Fsp3) is 0.0769. The Bertz CT molecular complexity index is 643. The summed E-state index contributed by atoms with van der Waals surface area (Å²) in [4.78, 5) is 0. The van der Waals surface area contributed by atoms with Gasteiger partial charge in [0, 0.05) is 5.69 Å². The van der Waals surface area contributed by atoms with Crippen LogP contribution < -0.4 is 10.5 Å². The van der Waals surface area contributed by atoms with E-state index in [1.807, 2.05) is 0 Å². The van der Waals surface area contributed by atoms with Crippen LogP contribution in [0.2, 0.25) is 0 Å². The van der Waals surface area contributed by atoms with E-state index in [1.165, 1.54) is 12.1 Å². The highest BCUT2D eigenvalue weighted by molar-refractivity contribution is 9.10. The van der Waals surface area contributed by atoms with Crippen LogP contribution >= 0.6 is 15.9 Å². The summed E-state index contributed by atoms with van der Waals surface area (Å²) in [6.07, 6.45) is -4.57. The summed E-state index contributed by atoms with van der Waals surface area (Å²) in [6, 6.07) is 6.81. The number of anilines is 1. The average Bonchev–Trinajstić information content (AvgIpc) is 2.33. The molecule has 0 saturated carbocycles. The number of nitrogen functional groups attached to an aromatic ring is 1. The van der Waals surface area contributed by atoms with E-state index < -0.39 is 17.6 Å². The molecule has 2 N–H and O–H groups in total. The largest absolute Gasteiger partial charge is 0.456 e. The van der Waals surface area contributed by atoms with Gasteiger partial charge in [-0.05, 0) is 52.3 Å². The van der Waals surface area contributed by atoms with E-state index in [1.54, 1.807) is 0 Å². The molecule has 0 bridgehead atoms. The number of rotatable bonds is 2. The van der Waals surface area contributed by atoms with Gasteiger partial charge in [-0.15, -0.1) is 0 Å². The maximum atomic E-state index is 12.9. The van der Waals surface area contributed by atoms with Gasteiger partial charge in [-0.3, -0.25) is 0 Å². The van der Waals surface area contributed by atoms with Gasteiger partial charge in [0.05, 0.1) is 10.0 Å². The van der Waals surface area contributed by atoms with Crippen molar-refractivity contribution in [2.75, 3.05) is 5.73 Å². The molecule has 0 saturated heterocycles. The van der Waals surface area contributed by atoms with Gasteiger partial charge in [0.15, 0.2) is 0 Å². The second-order valence-electron chi connectivity index (χ2n) is 3.92.